The first kappa shape index (κ1) is 13.5. The molecule has 0 radical (unpaired) electrons. The van der Waals surface area contributed by atoms with Crippen molar-refractivity contribution in [2.24, 2.45) is 5.92 Å². The smallest absolute Gasteiger partial charge is 0.223 e. The van der Waals surface area contributed by atoms with E-state index in [0.29, 0.717) is 18.9 Å². The molecule has 1 rings (SSSR count). The predicted octanol–water partition coefficient (Wildman–Crippen LogP) is 0.605. The molecule has 4 nitrogen and oxygen atoms in total. The van der Waals surface area contributed by atoms with Crippen LogP contribution in [0, 0.1) is 5.92 Å². The number of aliphatic hydroxyl groups is 1. The number of nitrogens with zero attached hydrogens (tertiary/aromatic N) is 1. The van der Waals surface area contributed by atoms with Crippen LogP contribution in [-0.2, 0) is 4.79 Å². The summed E-state index contributed by atoms with van der Waals surface area (Å²) in [6.45, 7) is 6.65. The summed E-state index contributed by atoms with van der Waals surface area (Å²) >= 11 is 0. The topological polar surface area (TPSA) is 52.6 Å². The Morgan fingerprint density at radius 1 is 1.44 bits per heavy atom. The molecule has 94 valence electrons. The van der Waals surface area contributed by atoms with E-state index in [1.54, 1.807) is 0 Å². The Morgan fingerprint density at radius 2 is 2.06 bits per heavy atom. The van der Waals surface area contributed by atoms with Gasteiger partial charge in [0.15, 0.2) is 0 Å². The van der Waals surface area contributed by atoms with Crippen LogP contribution in [0.4, 0.5) is 0 Å². The molecule has 1 aliphatic heterocycles. The van der Waals surface area contributed by atoms with Crippen molar-refractivity contribution in [3.8, 4) is 0 Å². The van der Waals surface area contributed by atoms with Gasteiger partial charge in [0, 0.05) is 19.0 Å². The van der Waals surface area contributed by atoms with Crippen LogP contribution >= 0.6 is 0 Å². The highest BCUT2D eigenvalue weighted by atomic mass is 16.3. The zero-order valence-corrected chi connectivity index (χ0v) is 10.4. The Bertz CT molecular complexity index is 213. The van der Waals surface area contributed by atoms with Crippen LogP contribution < -0.4 is 5.32 Å². The van der Waals surface area contributed by atoms with Crippen LogP contribution in [-0.4, -0.2) is 48.2 Å². The average molecular weight is 228 g/mol. The van der Waals surface area contributed by atoms with E-state index in [1.165, 1.54) is 0 Å². The van der Waals surface area contributed by atoms with E-state index in [2.05, 4.69) is 19.2 Å². The second-order valence-corrected chi connectivity index (χ2v) is 4.51. The van der Waals surface area contributed by atoms with Gasteiger partial charge in [-0.2, -0.15) is 0 Å². The highest BCUT2D eigenvalue weighted by molar-refractivity contribution is 5.77. The van der Waals surface area contributed by atoms with Crippen molar-refractivity contribution in [1.82, 2.24) is 10.2 Å². The molecule has 0 saturated carbocycles. The number of carbonyl (C=O) groups excluding carboxylic acids is 1. The zero-order valence-electron chi connectivity index (χ0n) is 10.4. The maximum absolute atomic E-state index is 12.1. The normalized spacial score (nSPS) is 16.2. The van der Waals surface area contributed by atoms with Gasteiger partial charge in [0.05, 0.1) is 6.61 Å². The Hall–Kier alpha value is -0.610. The van der Waals surface area contributed by atoms with E-state index in [9.17, 15) is 4.79 Å². The number of hydrogen-bond acceptors (Lipinski definition) is 3. The van der Waals surface area contributed by atoms with Crippen molar-refractivity contribution in [3.63, 3.8) is 0 Å². The molecule has 0 bridgehead atoms. The fourth-order valence-electron chi connectivity index (χ4n) is 2.21. The Balaban J connectivity index is 2.48. The van der Waals surface area contributed by atoms with Gasteiger partial charge in [0.1, 0.15) is 0 Å². The molecule has 2 N–H and O–H groups in total. The molecule has 16 heavy (non-hydrogen) atoms. The molecule has 0 atom stereocenters. The molecule has 0 aliphatic carbocycles. The summed E-state index contributed by atoms with van der Waals surface area (Å²) in [5.74, 6) is 0.706. The number of carbonyl (C=O) groups is 1. The van der Waals surface area contributed by atoms with Crippen molar-refractivity contribution in [1.29, 1.82) is 0 Å². The minimum absolute atomic E-state index is 0.0607. The number of amides is 1. The van der Waals surface area contributed by atoms with Gasteiger partial charge in [-0.3, -0.25) is 4.79 Å². The highest BCUT2D eigenvalue weighted by Gasteiger charge is 2.26. The lowest BCUT2D eigenvalue weighted by molar-refractivity contribution is -0.135. The second-order valence-electron chi connectivity index (χ2n) is 4.51. The van der Waals surface area contributed by atoms with Crippen molar-refractivity contribution in [2.45, 2.75) is 39.2 Å². The van der Waals surface area contributed by atoms with Gasteiger partial charge in [0.25, 0.3) is 0 Å². The van der Waals surface area contributed by atoms with E-state index in [-0.39, 0.29) is 18.6 Å². The summed E-state index contributed by atoms with van der Waals surface area (Å²) in [5, 5.41) is 12.2. The zero-order chi connectivity index (χ0) is 12.0. The summed E-state index contributed by atoms with van der Waals surface area (Å²) in [6.07, 6.45) is 2.56. The third-order valence-corrected chi connectivity index (χ3v) is 3.37. The summed E-state index contributed by atoms with van der Waals surface area (Å²) < 4.78 is 0. The van der Waals surface area contributed by atoms with Crippen LogP contribution in [0.1, 0.15) is 33.1 Å². The molecular weight excluding hydrogens is 204 g/mol. The molecule has 0 spiro atoms. The van der Waals surface area contributed by atoms with Crippen molar-refractivity contribution < 1.29 is 9.90 Å². The molecule has 0 unspecified atom stereocenters. The van der Waals surface area contributed by atoms with Crippen LogP contribution in [0.25, 0.3) is 0 Å². The summed E-state index contributed by atoms with van der Waals surface area (Å²) in [4.78, 5) is 13.9. The Kier molecular flexibility index (Phi) is 5.77. The fraction of sp³-hybridized carbons (Fsp3) is 0.917. The maximum atomic E-state index is 12.1. The summed E-state index contributed by atoms with van der Waals surface area (Å²) in [5.41, 5.74) is 0. The van der Waals surface area contributed by atoms with Crippen molar-refractivity contribution >= 4 is 5.91 Å². The molecular formula is C12H24N2O2. The van der Waals surface area contributed by atoms with Crippen molar-refractivity contribution in [2.75, 3.05) is 26.2 Å². The second kappa shape index (κ2) is 6.86. The number of nitrogens with one attached hydrogen (secondary N) is 1. The standard InChI is InChI=1S/C12H24N2O2/c1-3-11(4-2)14(5-6-15)12(16)7-10-8-13-9-10/h10-11,13,15H,3-9H2,1-2H3. The highest BCUT2D eigenvalue weighted by Crippen LogP contribution is 2.15. The third-order valence-electron chi connectivity index (χ3n) is 3.37. The minimum atomic E-state index is 0.0607. The third kappa shape index (κ3) is 3.46. The van der Waals surface area contributed by atoms with Crippen LogP contribution in [0.2, 0.25) is 0 Å². The lowest BCUT2D eigenvalue weighted by Crippen LogP contribution is -2.48. The van der Waals surface area contributed by atoms with Crippen LogP contribution in [0.3, 0.4) is 0 Å². The molecule has 4 heteroatoms. The maximum Gasteiger partial charge on any atom is 0.223 e. The Labute approximate surface area is 98.0 Å². The minimum Gasteiger partial charge on any atom is -0.395 e. The van der Waals surface area contributed by atoms with Gasteiger partial charge in [-0.05, 0) is 31.8 Å². The van der Waals surface area contributed by atoms with Gasteiger partial charge in [0.2, 0.25) is 5.91 Å². The van der Waals surface area contributed by atoms with Gasteiger partial charge in [-0.1, -0.05) is 13.8 Å². The Morgan fingerprint density at radius 3 is 2.44 bits per heavy atom. The molecule has 1 amide bonds. The van der Waals surface area contributed by atoms with Gasteiger partial charge < -0.3 is 15.3 Å². The number of rotatable bonds is 7. The van der Waals surface area contributed by atoms with Gasteiger partial charge in [-0.25, -0.2) is 0 Å². The molecule has 0 aromatic rings. The first-order valence-electron chi connectivity index (χ1n) is 6.33. The fourth-order valence-corrected chi connectivity index (χ4v) is 2.21. The average Bonchev–Trinajstić information content (AvgIpc) is 2.23. The summed E-state index contributed by atoms with van der Waals surface area (Å²) in [6, 6.07) is 0.285. The van der Waals surface area contributed by atoms with E-state index >= 15 is 0 Å². The van der Waals surface area contributed by atoms with E-state index in [1.807, 2.05) is 4.90 Å². The largest absolute Gasteiger partial charge is 0.395 e. The quantitative estimate of drug-likeness (QED) is 0.671. The molecule has 1 heterocycles. The molecule has 1 aliphatic rings. The first-order valence-corrected chi connectivity index (χ1v) is 6.33. The van der Waals surface area contributed by atoms with E-state index < -0.39 is 0 Å². The molecule has 1 saturated heterocycles. The monoisotopic (exact) mass is 228 g/mol. The molecule has 0 aromatic carbocycles. The van der Waals surface area contributed by atoms with Gasteiger partial charge in [-0.15, -0.1) is 0 Å². The SMILES string of the molecule is CCC(CC)N(CCO)C(=O)CC1CNC1. The van der Waals surface area contributed by atoms with E-state index in [0.717, 1.165) is 25.9 Å². The van der Waals surface area contributed by atoms with Crippen LogP contribution in [0.15, 0.2) is 0 Å². The summed E-state index contributed by atoms with van der Waals surface area (Å²) in [7, 11) is 0. The van der Waals surface area contributed by atoms with Gasteiger partial charge >= 0.3 is 0 Å². The molecule has 1 fully saturated rings. The lowest BCUT2D eigenvalue weighted by Gasteiger charge is -2.33. The first-order chi connectivity index (χ1) is 7.72. The van der Waals surface area contributed by atoms with Crippen LogP contribution in [0.5, 0.6) is 0 Å². The van der Waals surface area contributed by atoms with E-state index in [4.69, 9.17) is 5.11 Å². The lowest BCUT2D eigenvalue weighted by atomic mass is 9.98. The number of aliphatic hydroxyl groups excluding tert-OH is 1. The molecule has 0 aromatic heterocycles. The van der Waals surface area contributed by atoms with Crippen molar-refractivity contribution in [3.05, 3.63) is 0 Å². The predicted molar refractivity (Wildman–Crippen MR) is 64.1 cm³/mol. The number of hydrogen-bond donors (Lipinski definition) is 2.